The van der Waals surface area contributed by atoms with Crippen molar-refractivity contribution in [3.05, 3.63) is 35.1 Å². The van der Waals surface area contributed by atoms with Crippen molar-refractivity contribution in [3.63, 3.8) is 0 Å². The van der Waals surface area contributed by atoms with Gasteiger partial charge in [0.1, 0.15) is 5.82 Å². The van der Waals surface area contributed by atoms with Crippen molar-refractivity contribution in [2.75, 3.05) is 6.54 Å². The Hall–Kier alpha value is -0.890. The summed E-state index contributed by atoms with van der Waals surface area (Å²) >= 11 is 0. The highest BCUT2D eigenvalue weighted by molar-refractivity contribution is 5.26. The number of hydrogen-bond donors (Lipinski definition) is 1. The van der Waals surface area contributed by atoms with Gasteiger partial charge in [0.15, 0.2) is 0 Å². The third-order valence-electron chi connectivity index (χ3n) is 1.72. The summed E-state index contributed by atoms with van der Waals surface area (Å²) in [5, 5.41) is 0. The summed E-state index contributed by atoms with van der Waals surface area (Å²) < 4.78 is 12.6. The molecule has 1 nitrogen and oxygen atoms in total. The number of halogens is 1. The Labute approximate surface area is 66.0 Å². The average molecular weight is 153 g/mol. The van der Waals surface area contributed by atoms with E-state index in [1.807, 2.05) is 6.92 Å². The van der Waals surface area contributed by atoms with Crippen LogP contribution in [0.2, 0.25) is 0 Å². The summed E-state index contributed by atoms with van der Waals surface area (Å²) in [6.45, 7) is 2.54. The Morgan fingerprint density at radius 1 is 1.45 bits per heavy atom. The molecule has 0 radical (unpaired) electrons. The molecule has 0 unspecified atom stereocenters. The van der Waals surface area contributed by atoms with Crippen molar-refractivity contribution >= 4 is 0 Å². The van der Waals surface area contributed by atoms with Crippen molar-refractivity contribution < 1.29 is 4.39 Å². The summed E-state index contributed by atoms with van der Waals surface area (Å²) in [6.07, 6.45) is 0.754. The van der Waals surface area contributed by atoms with Crippen molar-refractivity contribution in [2.45, 2.75) is 13.3 Å². The normalized spacial score (nSPS) is 10.1. The zero-order chi connectivity index (χ0) is 8.27. The molecule has 2 N–H and O–H groups in total. The standard InChI is InChI=1S/C9H12FN/c1-7-2-3-9(10)6-8(7)4-5-11/h2-3,6H,4-5,11H2,1H3. The first kappa shape index (κ1) is 8.21. The van der Waals surface area contributed by atoms with E-state index in [1.54, 1.807) is 12.1 Å². The first-order chi connectivity index (χ1) is 5.24. The fourth-order valence-corrected chi connectivity index (χ4v) is 1.06. The van der Waals surface area contributed by atoms with Gasteiger partial charge in [0.25, 0.3) is 0 Å². The van der Waals surface area contributed by atoms with Crippen molar-refractivity contribution in [2.24, 2.45) is 5.73 Å². The minimum absolute atomic E-state index is 0.181. The van der Waals surface area contributed by atoms with Crippen LogP contribution in [-0.4, -0.2) is 6.54 Å². The Bertz CT molecular complexity index is 245. The minimum Gasteiger partial charge on any atom is -0.330 e. The van der Waals surface area contributed by atoms with E-state index in [9.17, 15) is 4.39 Å². The Morgan fingerprint density at radius 3 is 2.82 bits per heavy atom. The second-order valence-electron chi connectivity index (χ2n) is 2.61. The largest absolute Gasteiger partial charge is 0.330 e. The quantitative estimate of drug-likeness (QED) is 0.686. The Kier molecular flexibility index (Phi) is 2.60. The van der Waals surface area contributed by atoms with Crippen LogP contribution < -0.4 is 5.73 Å². The number of benzene rings is 1. The predicted molar refractivity (Wildman–Crippen MR) is 43.9 cm³/mol. The number of aryl methyl sites for hydroxylation is 1. The van der Waals surface area contributed by atoms with E-state index in [0.29, 0.717) is 6.54 Å². The fourth-order valence-electron chi connectivity index (χ4n) is 1.06. The van der Waals surface area contributed by atoms with Crippen LogP contribution in [0.3, 0.4) is 0 Å². The van der Waals surface area contributed by atoms with E-state index in [0.717, 1.165) is 17.5 Å². The first-order valence-corrected chi connectivity index (χ1v) is 3.69. The summed E-state index contributed by atoms with van der Waals surface area (Å²) in [6, 6.07) is 4.79. The highest BCUT2D eigenvalue weighted by Gasteiger charge is 1.97. The molecular formula is C9H12FN. The maximum absolute atomic E-state index is 12.6. The van der Waals surface area contributed by atoms with Gasteiger partial charge in [-0.2, -0.15) is 0 Å². The lowest BCUT2D eigenvalue weighted by molar-refractivity contribution is 0.624. The molecule has 0 fully saturated rings. The van der Waals surface area contributed by atoms with Crippen molar-refractivity contribution in [1.82, 2.24) is 0 Å². The number of rotatable bonds is 2. The zero-order valence-corrected chi connectivity index (χ0v) is 6.60. The van der Waals surface area contributed by atoms with Crippen LogP contribution in [0.25, 0.3) is 0 Å². The maximum atomic E-state index is 12.6. The lowest BCUT2D eigenvalue weighted by Gasteiger charge is -2.02. The summed E-state index contributed by atoms with van der Waals surface area (Å²) in [5.41, 5.74) is 7.47. The van der Waals surface area contributed by atoms with E-state index in [2.05, 4.69) is 0 Å². The molecule has 0 amide bonds. The molecule has 0 aliphatic carbocycles. The van der Waals surface area contributed by atoms with E-state index in [-0.39, 0.29) is 5.82 Å². The van der Waals surface area contributed by atoms with Gasteiger partial charge in [0, 0.05) is 0 Å². The molecule has 0 aliphatic heterocycles. The third-order valence-corrected chi connectivity index (χ3v) is 1.72. The molecule has 2 heteroatoms. The van der Waals surface area contributed by atoms with Crippen molar-refractivity contribution in [3.8, 4) is 0 Å². The Morgan fingerprint density at radius 2 is 2.18 bits per heavy atom. The van der Waals surface area contributed by atoms with Gasteiger partial charge in [0.2, 0.25) is 0 Å². The number of hydrogen-bond acceptors (Lipinski definition) is 1. The molecule has 0 saturated heterocycles. The van der Waals surface area contributed by atoms with E-state index in [1.165, 1.54) is 6.07 Å². The van der Waals surface area contributed by atoms with Crippen LogP contribution >= 0.6 is 0 Å². The summed E-state index contributed by atoms with van der Waals surface area (Å²) in [5.74, 6) is -0.181. The summed E-state index contributed by atoms with van der Waals surface area (Å²) in [4.78, 5) is 0. The topological polar surface area (TPSA) is 26.0 Å². The molecule has 0 atom stereocenters. The smallest absolute Gasteiger partial charge is 0.123 e. The zero-order valence-electron chi connectivity index (χ0n) is 6.60. The number of nitrogens with two attached hydrogens (primary N) is 1. The molecule has 0 bridgehead atoms. The van der Waals surface area contributed by atoms with E-state index < -0.39 is 0 Å². The van der Waals surface area contributed by atoms with Gasteiger partial charge in [-0.1, -0.05) is 6.07 Å². The molecule has 60 valence electrons. The lowest BCUT2D eigenvalue weighted by atomic mass is 10.1. The van der Waals surface area contributed by atoms with Crippen molar-refractivity contribution in [1.29, 1.82) is 0 Å². The molecular weight excluding hydrogens is 141 g/mol. The molecule has 0 aromatic heterocycles. The molecule has 1 aromatic carbocycles. The van der Waals surface area contributed by atoms with Gasteiger partial charge >= 0.3 is 0 Å². The van der Waals surface area contributed by atoms with Gasteiger partial charge < -0.3 is 5.73 Å². The van der Waals surface area contributed by atoms with Gasteiger partial charge in [-0.15, -0.1) is 0 Å². The van der Waals surface area contributed by atoms with Crippen LogP contribution in [0.4, 0.5) is 4.39 Å². The molecule has 1 aromatic rings. The van der Waals surface area contributed by atoms with Crippen LogP contribution in [0.1, 0.15) is 11.1 Å². The molecule has 11 heavy (non-hydrogen) atoms. The summed E-state index contributed by atoms with van der Waals surface area (Å²) in [7, 11) is 0. The first-order valence-electron chi connectivity index (χ1n) is 3.69. The highest BCUT2D eigenvalue weighted by atomic mass is 19.1. The van der Waals surface area contributed by atoms with Crippen LogP contribution in [-0.2, 0) is 6.42 Å². The van der Waals surface area contributed by atoms with E-state index in [4.69, 9.17) is 5.73 Å². The van der Waals surface area contributed by atoms with Gasteiger partial charge in [-0.3, -0.25) is 0 Å². The average Bonchev–Trinajstić information content (AvgIpc) is 1.98. The fraction of sp³-hybridized carbons (Fsp3) is 0.333. The van der Waals surface area contributed by atoms with Gasteiger partial charge in [-0.25, -0.2) is 4.39 Å². The van der Waals surface area contributed by atoms with Gasteiger partial charge in [0.05, 0.1) is 0 Å². The predicted octanol–water partition coefficient (Wildman–Crippen LogP) is 1.64. The molecule has 0 heterocycles. The van der Waals surface area contributed by atoms with Crippen LogP contribution in [0.5, 0.6) is 0 Å². The maximum Gasteiger partial charge on any atom is 0.123 e. The molecule has 1 rings (SSSR count). The molecule has 0 saturated carbocycles. The second kappa shape index (κ2) is 3.49. The Balaban J connectivity index is 2.93. The van der Waals surface area contributed by atoms with Crippen LogP contribution in [0, 0.1) is 12.7 Å². The van der Waals surface area contributed by atoms with Gasteiger partial charge in [-0.05, 0) is 43.1 Å². The van der Waals surface area contributed by atoms with E-state index >= 15 is 0 Å². The molecule has 0 spiro atoms. The molecule has 0 aliphatic rings. The SMILES string of the molecule is Cc1ccc(F)cc1CCN. The monoisotopic (exact) mass is 153 g/mol. The lowest BCUT2D eigenvalue weighted by Crippen LogP contribution is -2.04. The second-order valence-corrected chi connectivity index (χ2v) is 2.61. The third kappa shape index (κ3) is 2.02. The highest BCUT2D eigenvalue weighted by Crippen LogP contribution is 2.09. The van der Waals surface area contributed by atoms with Crippen LogP contribution in [0.15, 0.2) is 18.2 Å². The minimum atomic E-state index is -0.181.